The fourth-order valence-electron chi connectivity index (χ4n) is 11.6. The van der Waals surface area contributed by atoms with Crippen LogP contribution in [-0.4, -0.2) is 74.2 Å². The lowest BCUT2D eigenvalue weighted by Gasteiger charge is -2.24. The predicted octanol–water partition coefficient (Wildman–Crippen LogP) is 13.2. The van der Waals surface area contributed by atoms with Gasteiger partial charge in [-0.15, -0.1) is 0 Å². The summed E-state index contributed by atoms with van der Waals surface area (Å²) in [5.74, 6) is -0.104. The van der Waals surface area contributed by atoms with Gasteiger partial charge in [0.25, 0.3) is 0 Å². The first-order valence-corrected chi connectivity index (χ1v) is 25.8. The summed E-state index contributed by atoms with van der Waals surface area (Å²) in [5, 5.41) is 2.56. The van der Waals surface area contributed by atoms with Crippen molar-refractivity contribution in [1.82, 2.24) is 33.4 Å². The van der Waals surface area contributed by atoms with Gasteiger partial charge in [-0.2, -0.15) is 26.3 Å². The minimum Gasteiger partial charge on any atom is -0.343 e. The van der Waals surface area contributed by atoms with Gasteiger partial charge in [0, 0.05) is 124 Å². The summed E-state index contributed by atoms with van der Waals surface area (Å²) in [5.41, 5.74) is 10.7. The summed E-state index contributed by atoms with van der Waals surface area (Å²) in [7, 11) is 6.16. The van der Waals surface area contributed by atoms with E-state index in [1.165, 1.54) is 41.1 Å². The van der Waals surface area contributed by atoms with Crippen LogP contribution in [0.15, 0.2) is 140 Å². The fourth-order valence-corrected chi connectivity index (χ4v) is 11.6. The monoisotopic (exact) mass is 1030 g/mol. The number of halogens is 7. The summed E-state index contributed by atoms with van der Waals surface area (Å²) < 4.78 is 103. The molecule has 0 N–H and O–H groups in total. The Labute approximate surface area is 433 Å². The standard InChI is InChI=1S/C21H21F3N2.C20H20F3N3.C20H21FN2/c1-25-12-11-19-17(14-25)16-8-5-9-18(21(22,23)24)20(16)26(19)13-10-15-6-3-2-4-7-15;1-25-10-8-18-16(13-25)15-5-2-6-17(20(21,22)23)19(15)26(18)11-7-14-4-3-9-24-12-14;1-22-12-11-19-17(14-22)16-8-5-9-18(21)20(16)23(19)13-10-15-6-3-2-4-7-15/h2-9H,10-14H2,1H3;2-6,9,12H,7-8,10-11,13H2,1H3;2-9H,10-14H2,1H3. The zero-order valence-electron chi connectivity index (χ0n) is 42.7. The number of likely N-dealkylation sites (N-methyl/N-ethyl adjacent to an activating group) is 3. The second kappa shape index (κ2) is 21.8. The molecule has 0 amide bonds. The van der Waals surface area contributed by atoms with Crippen LogP contribution in [0.2, 0.25) is 0 Å². The lowest BCUT2D eigenvalue weighted by molar-refractivity contribution is -0.137. The number of benzene rings is 5. The van der Waals surface area contributed by atoms with E-state index in [0.29, 0.717) is 43.6 Å². The number of rotatable bonds is 9. The molecule has 0 saturated heterocycles. The topological polar surface area (TPSA) is 37.4 Å². The van der Waals surface area contributed by atoms with Gasteiger partial charge in [-0.1, -0.05) is 103 Å². The molecule has 3 aliphatic rings. The number of nitrogens with zero attached hydrogens (tertiary/aromatic N) is 7. The average Bonchev–Trinajstić information content (AvgIpc) is 4.02. The summed E-state index contributed by atoms with van der Waals surface area (Å²) in [6.45, 7) is 6.98. The number of aryl methyl sites for hydroxylation is 6. The maximum Gasteiger partial charge on any atom is 0.418 e. The van der Waals surface area contributed by atoms with Crippen molar-refractivity contribution < 1.29 is 30.7 Å². The average molecular weight is 1030 g/mol. The normalized spacial score (nSPS) is 15.3. The van der Waals surface area contributed by atoms with Gasteiger partial charge >= 0.3 is 12.4 Å². The van der Waals surface area contributed by atoms with Gasteiger partial charge in [0.05, 0.1) is 27.7 Å². The number of alkyl halides is 6. The third-order valence-corrected chi connectivity index (χ3v) is 15.2. The lowest BCUT2D eigenvalue weighted by Crippen LogP contribution is -2.27. The molecule has 7 heterocycles. The molecule has 0 fully saturated rings. The van der Waals surface area contributed by atoms with Crippen LogP contribution in [0, 0.1) is 5.82 Å². The molecule has 0 saturated carbocycles. The molecule has 0 atom stereocenters. The largest absolute Gasteiger partial charge is 0.418 e. The Morgan fingerprint density at radius 2 is 0.800 bits per heavy atom. The maximum atomic E-state index is 14.5. The highest BCUT2D eigenvalue weighted by atomic mass is 19.4. The Morgan fingerprint density at radius 1 is 0.427 bits per heavy atom. The number of para-hydroxylation sites is 3. The van der Waals surface area contributed by atoms with Gasteiger partial charge in [0.1, 0.15) is 5.82 Å². The van der Waals surface area contributed by atoms with E-state index in [0.717, 1.165) is 120 Å². The van der Waals surface area contributed by atoms with Crippen molar-refractivity contribution in [3.63, 3.8) is 0 Å². The zero-order chi connectivity index (χ0) is 52.4. The lowest BCUT2D eigenvalue weighted by atomic mass is 10.0. The molecule has 5 aromatic carbocycles. The van der Waals surface area contributed by atoms with Gasteiger partial charge in [0.2, 0.25) is 0 Å². The quantitative estimate of drug-likeness (QED) is 0.135. The van der Waals surface area contributed by atoms with Crippen molar-refractivity contribution in [2.75, 3.05) is 40.8 Å². The minimum absolute atomic E-state index is 0.104. The molecule has 3 aliphatic heterocycles. The number of aromatic nitrogens is 4. The first-order valence-electron chi connectivity index (χ1n) is 25.8. The summed E-state index contributed by atoms with van der Waals surface area (Å²) in [4.78, 5) is 10.7. The smallest absolute Gasteiger partial charge is 0.343 e. The first kappa shape index (κ1) is 51.7. The molecular formula is C61H62F7N7. The molecular weight excluding hydrogens is 964 g/mol. The first-order chi connectivity index (χ1) is 36.1. The molecule has 75 heavy (non-hydrogen) atoms. The predicted molar refractivity (Wildman–Crippen MR) is 284 cm³/mol. The van der Waals surface area contributed by atoms with E-state index in [1.54, 1.807) is 18.5 Å². The molecule has 0 unspecified atom stereocenters. The van der Waals surface area contributed by atoms with Crippen LogP contribution in [0.4, 0.5) is 30.7 Å². The maximum absolute atomic E-state index is 14.5. The van der Waals surface area contributed by atoms with Crippen LogP contribution in [0.3, 0.4) is 0 Å². The molecule has 7 nitrogen and oxygen atoms in total. The van der Waals surface area contributed by atoms with Crippen LogP contribution >= 0.6 is 0 Å². The van der Waals surface area contributed by atoms with E-state index >= 15 is 0 Å². The van der Waals surface area contributed by atoms with E-state index in [9.17, 15) is 30.7 Å². The molecule has 9 aromatic rings. The van der Waals surface area contributed by atoms with Gasteiger partial charge in [-0.25, -0.2) is 4.39 Å². The fraction of sp³-hybridized carbons (Fsp3) is 0.328. The third kappa shape index (κ3) is 11.0. The van der Waals surface area contributed by atoms with Crippen LogP contribution in [0.5, 0.6) is 0 Å². The van der Waals surface area contributed by atoms with Crippen molar-refractivity contribution >= 4 is 32.7 Å². The van der Waals surface area contributed by atoms with Crippen molar-refractivity contribution in [3.8, 4) is 0 Å². The van der Waals surface area contributed by atoms with Crippen LogP contribution in [0.25, 0.3) is 32.7 Å². The number of hydrogen-bond acceptors (Lipinski definition) is 4. The highest BCUT2D eigenvalue weighted by Gasteiger charge is 2.37. The molecule has 0 bridgehead atoms. The summed E-state index contributed by atoms with van der Waals surface area (Å²) >= 11 is 0. The Balaban J connectivity index is 0.000000129. The second-order valence-corrected chi connectivity index (χ2v) is 20.3. The van der Waals surface area contributed by atoms with E-state index in [2.05, 4.69) is 61.6 Å². The van der Waals surface area contributed by atoms with E-state index in [4.69, 9.17) is 0 Å². The third-order valence-electron chi connectivity index (χ3n) is 15.2. The molecule has 0 spiro atoms. The number of pyridine rings is 1. The van der Waals surface area contributed by atoms with Crippen molar-refractivity contribution in [2.24, 2.45) is 0 Å². The van der Waals surface area contributed by atoms with Crippen LogP contribution in [0.1, 0.15) is 61.6 Å². The van der Waals surface area contributed by atoms with Crippen LogP contribution in [-0.2, 0) is 90.1 Å². The summed E-state index contributed by atoms with van der Waals surface area (Å²) in [6.07, 6.45) is -0.377. The van der Waals surface area contributed by atoms with Gasteiger partial charge in [-0.05, 0) is 98.1 Å². The van der Waals surface area contributed by atoms with E-state index < -0.39 is 23.5 Å². The highest BCUT2D eigenvalue weighted by Crippen LogP contribution is 2.42. The molecule has 0 radical (unpaired) electrons. The summed E-state index contributed by atoms with van der Waals surface area (Å²) in [6, 6.07) is 38.8. The molecule has 0 aliphatic carbocycles. The Morgan fingerprint density at radius 3 is 1.20 bits per heavy atom. The van der Waals surface area contributed by atoms with Crippen LogP contribution < -0.4 is 0 Å². The van der Waals surface area contributed by atoms with Gasteiger partial charge in [-0.3, -0.25) is 4.98 Å². The number of fused-ring (bicyclic) bond motifs is 9. The van der Waals surface area contributed by atoms with Crippen molar-refractivity contribution in [3.05, 3.63) is 207 Å². The molecule has 390 valence electrons. The van der Waals surface area contributed by atoms with E-state index in [1.807, 2.05) is 90.0 Å². The Kier molecular flexibility index (Phi) is 15.1. The Hall–Kier alpha value is -6.74. The second-order valence-electron chi connectivity index (χ2n) is 20.3. The zero-order valence-corrected chi connectivity index (χ0v) is 42.7. The minimum atomic E-state index is -4.36. The molecule has 4 aromatic heterocycles. The molecule has 14 heteroatoms. The molecule has 12 rings (SSSR count). The van der Waals surface area contributed by atoms with Crippen molar-refractivity contribution in [2.45, 2.75) is 90.1 Å². The Bertz CT molecular complexity index is 3260. The van der Waals surface area contributed by atoms with E-state index in [-0.39, 0.29) is 5.82 Å². The van der Waals surface area contributed by atoms with Gasteiger partial charge < -0.3 is 28.4 Å². The number of hydrogen-bond donors (Lipinski definition) is 0. The van der Waals surface area contributed by atoms with Crippen molar-refractivity contribution in [1.29, 1.82) is 0 Å². The SMILES string of the molecule is CN1CCc2c(c3cccc(C(F)(F)F)c3n2CCc2ccccc2)C1.CN1CCc2c(c3cccc(C(F)(F)F)c3n2CCc2cccnc2)C1.CN1CCc2c(c3cccc(F)c3n2CCc2ccccc2)C1. The highest BCUT2D eigenvalue weighted by molar-refractivity contribution is 5.90. The van der Waals surface area contributed by atoms with Gasteiger partial charge in [0.15, 0.2) is 0 Å².